The number of benzene rings is 1. The highest BCUT2D eigenvalue weighted by Crippen LogP contribution is 2.32. The van der Waals surface area contributed by atoms with Gasteiger partial charge in [0.25, 0.3) is 0 Å². The van der Waals surface area contributed by atoms with Crippen LogP contribution in [-0.4, -0.2) is 36.4 Å². The summed E-state index contributed by atoms with van der Waals surface area (Å²) in [5.74, 6) is -0.192. The number of rotatable bonds is 6. The Labute approximate surface area is 135 Å². The number of hydrogen-bond acceptors (Lipinski definition) is 4. The molecule has 0 bridgehead atoms. The molecule has 6 nitrogen and oxygen atoms in total. The van der Waals surface area contributed by atoms with E-state index in [4.69, 9.17) is 4.74 Å². The molecule has 23 heavy (non-hydrogen) atoms. The van der Waals surface area contributed by atoms with Gasteiger partial charge in [-0.3, -0.25) is 19.8 Å². The normalized spacial score (nSPS) is 17.2. The number of nitrogens with one attached hydrogen (secondary N) is 1. The molecular formula is C17H22N2O4. The van der Waals surface area contributed by atoms with E-state index in [9.17, 15) is 14.4 Å². The third-order valence-corrected chi connectivity index (χ3v) is 4.56. The quantitative estimate of drug-likeness (QED) is 0.815. The summed E-state index contributed by atoms with van der Waals surface area (Å²) in [6.45, 7) is 3.78. The molecule has 124 valence electrons. The minimum Gasteiger partial charge on any atom is -0.496 e. The van der Waals surface area contributed by atoms with Crippen LogP contribution in [0, 0.1) is 5.41 Å². The Morgan fingerprint density at radius 2 is 1.78 bits per heavy atom. The summed E-state index contributed by atoms with van der Waals surface area (Å²) in [5, 5.41) is 2.31. The summed E-state index contributed by atoms with van der Waals surface area (Å²) < 4.78 is 5.28. The minimum absolute atomic E-state index is 0.208. The zero-order valence-electron chi connectivity index (χ0n) is 13.7. The van der Waals surface area contributed by atoms with Crippen molar-refractivity contribution in [2.45, 2.75) is 33.1 Å². The molecule has 1 aromatic rings. The molecule has 1 fully saturated rings. The van der Waals surface area contributed by atoms with E-state index in [1.54, 1.807) is 21.0 Å². The van der Waals surface area contributed by atoms with Gasteiger partial charge in [0.15, 0.2) is 0 Å². The second kappa shape index (κ2) is 6.81. The van der Waals surface area contributed by atoms with Crippen LogP contribution in [0.3, 0.4) is 0 Å². The largest absolute Gasteiger partial charge is 0.496 e. The molecule has 0 aromatic heterocycles. The molecule has 4 amide bonds. The van der Waals surface area contributed by atoms with Crippen molar-refractivity contribution in [1.29, 1.82) is 0 Å². The lowest BCUT2D eigenvalue weighted by Gasteiger charge is -2.38. The Kier molecular flexibility index (Phi) is 5.03. The van der Waals surface area contributed by atoms with Crippen molar-refractivity contribution in [2.75, 3.05) is 13.7 Å². The van der Waals surface area contributed by atoms with Crippen molar-refractivity contribution in [2.24, 2.45) is 5.41 Å². The highest BCUT2D eigenvalue weighted by Gasteiger charge is 2.51. The lowest BCUT2D eigenvalue weighted by atomic mass is 9.78. The molecule has 0 atom stereocenters. The standard InChI is InChI=1S/C17H22N2O4/c1-4-17(5-2)14(20)18-16(22)19(15(17)21)11-10-12-8-6-7-9-13(12)23-3/h6-9H,4-5,10-11H2,1-3H3,(H,18,20,22). The van der Waals surface area contributed by atoms with Crippen LogP contribution in [0.2, 0.25) is 0 Å². The molecule has 1 aliphatic heterocycles. The third-order valence-electron chi connectivity index (χ3n) is 4.56. The van der Waals surface area contributed by atoms with Gasteiger partial charge in [0.2, 0.25) is 11.8 Å². The number of amides is 4. The van der Waals surface area contributed by atoms with E-state index in [0.29, 0.717) is 25.0 Å². The molecule has 1 N–H and O–H groups in total. The molecule has 1 saturated heterocycles. The minimum atomic E-state index is -1.14. The van der Waals surface area contributed by atoms with E-state index < -0.39 is 23.3 Å². The lowest BCUT2D eigenvalue weighted by molar-refractivity contribution is -0.152. The fraction of sp³-hybridized carbons (Fsp3) is 0.471. The average Bonchev–Trinajstić information content (AvgIpc) is 2.56. The summed E-state index contributed by atoms with van der Waals surface area (Å²) in [5.41, 5.74) is -0.236. The van der Waals surface area contributed by atoms with Crippen molar-refractivity contribution >= 4 is 17.8 Å². The van der Waals surface area contributed by atoms with Crippen LogP contribution in [0.4, 0.5) is 4.79 Å². The van der Waals surface area contributed by atoms with Crippen molar-refractivity contribution in [1.82, 2.24) is 10.2 Å². The summed E-state index contributed by atoms with van der Waals surface area (Å²) >= 11 is 0. The van der Waals surface area contributed by atoms with Crippen LogP contribution in [0.5, 0.6) is 5.75 Å². The molecule has 2 rings (SSSR count). The number of carbonyl (C=O) groups excluding carboxylic acids is 3. The first-order valence-corrected chi connectivity index (χ1v) is 7.79. The molecule has 1 aromatic carbocycles. The third kappa shape index (κ3) is 2.93. The van der Waals surface area contributed by atoms with Gasteiger partial charge in [-0.05, 0) is 30.9 Å². The van der Waals surface area contributed by atoms with E-state index in [-0.39, 0.29) is 6.54 Å². The van der Waals surface area contributed by atoms with Gasteiger partial charge in [0.1, 0.15) is 11.2 Å². The van der Waals surface area contributed by atoms with Crippen LogP contribution in [-0.2, 0) is 16.0 Å². The Morgan fingerprint density at radius 1 is 1.13 bits per heavy atom. The van der Waals surface area contributed by atoms with Gasteiger partial charge in [-0.15, -0.1) is 0 Å². The Morgan fingerprint density at radius 3 is 2.39 bits per heavy atom. The first kappa shape index (κ1) is 17.0. The van der Waals surface area contributed by atoms with Crippen molar-refractivity contribution in [3.63, 3.8) is 0 Å². The number of imide groups is 2. The zero-order chi connectivity index (χ0) is 17.0. The van der Waals surface area contributed by atoms with E-state index in [1.165, 1.54) is 0 Å². The summed E-state index contributed by atoms with van der Waals surface area (Å²) in [6.07, 6.45) is 1.21. The molecule has 0 saturated carbocycles. The second-order valence-electron chi connectivity index (χ2n) is 5.57. The van der Waals surface area contributed by atoms with Crippen LogP contribution in [0.1, 0.15) is 32.3 Å². The Hall–Kier alpha value is -2.37. The molecule has 0 aliphatic carbocycles. The van der Waals surface area contributed by atoms with Gasteiger partial charge in [-0.25, -0.2) is 4.79 Å². The summed E-state index contributed by atoms with van der Waals surface area (Å²) in [7, 11) is 1.58. The molecular weight excluding hydrogens is 296 g/mol. The van der Waals surface area contributed by atoms with Crippen molar-refractivity contribution in [3.8, 4) is 5.75 Å². The van der Waals surface area contributed by atoms with Crippen LogP contribution in [0.15, 0.2) is 24.3 Å². The predicted molar refractivity (Wildman–Crippen MR) is 85.0 cm³/mol. The highest BCUT2D eigenvalue weighted by molar-refractivity contribution is 6.19. The maximum absolute atomic E-state index is 12.7. The van der Waals surface area contributed by atoms with E-state index in [1.807, 2.05) is 24.3 Å². The zero-order valence-corrected chi connectivity index (χ0v) is 13.7. The van der Waals surface area contributed by atoms with E-state index in [0.717, 1.165) is 10.5 Å². The predicted octanol–water partition coefficient (Wildman–Crippen LogP) is 2.12. The molecule has 1 heterocycles. The second-order valence-corrected chi connectivity index (χ2v) is 5.57. The van der Waals surface area contributed by atoms with E-state index >= 15 is 0 Å². The number of ether oxygens (including phenoxy) is 1. The number of methoxy groups -OCH3 is 1. The number of nitrogens with zero attached hydrogens (tertiary/aromatic N) is 1. The Balaban J connectivity index is 2.20. The summed E-state index contributed by atoms with van der Waals surface area (Å²) in [6, 6.07) is 6.82. The topological polar surface area (TPSA) is 75.7 Å². The number of hydrogen-bond donors (Lipinski definition) is 1. The first-order valence-electron chi connectivity index (χ1n) is 7.79. The molecule has 0 radical (unpaired) electrons. The SMILES string of the molecule is CCC1(CC)C(=O)NC(=O)N(CCc2ccccc2OC)C1=O. The van der Waals surface area contributed by atoms with E-state index in [2.05, 4.69) is 5.32 Å². The van der Waals surface area contributed by atoms with Crippen molar-refractivity contribution < 1.29 is 19.1 Å². The first-order chi connectivity index (χ1) is 11.0. The number of barbiturate groups is 1. The monoisotopic (exact) mass is 318 g/mol. The molecule has 1 aliphatic rings. The Bertz CT molecular complexity index is 623. The summed E-state index contributed by atoms with van der Waals surface area (Å²) in [4.78, 5) is 38.0. The molecule has 6 heteroatoms. The maximum Gasteiger partial charge on any atom is 0.330 e. The van der Waals surface area contributed by atoms with Crippen LogP contribution >= 0.6 is 0 Å². The smallest absolute Gasteiger partial charge is 0.330 e. The fourth-order valence-electron chi connectivity index (χ4n) is 2.95. The van der Waals surface area contributed by atoms with Crippen LogP contribution in [0.25, 0.3) is 0 Å². The van der Waals surface area contributed by atoms with Gasteiger partial charge >= 0.3 is 6.03 Å². The van der Waals surface area contributed by atoms with Gasteiger partial charge in [-0.1, -0.05) is 32.0 Å². The van der Waals surface area contributed by atoms with Crippen LogP contribution < -0.4 is 10.1 Å². The maximum atomic E-state index is 12.7. The number of para-hydroxylation sites is 1. The average molecular weight is 318 g/mol. The van der Waals surface area contributed by atoms with Gasteiger partial charge in [0, 0.05) is 6.54 Å². The van der Waals surface area contributed by atoms with Gasteiger partial charge in [-0.2, -0.15) is 0 Å². The molecule has 0 spiro atoms. The number of carbonyl (C=O) groups is 3. The lowest BCUT2D eigenvalue weighted by Crippen LogP contribution is -2.63. The fourth-order valence-corrected chi connectivity index (χ4v) is 2.95. The van der Waals surface area contributed by atoms with Crippen molar-refractivity contribution in [3.05, 3.63) is 29.8 Å². The highest BCUT2D eigenvalue weighted by atomic mass is 16.5. The van der Waals surface area contributed by atoms with Gasteiger partial charge in [0.05, 0.1) is 7.11 Å². The number of urea groups is 1. The van der Waals surface area contributed by atoms with Gasteiger partial charge < -0.3 is 4.74 Å². The molecule has 0 unspecified atom stereocenters.